The molecule has 2 rings (SSSR count). The minimum Gasteiger partial charge on any atom is -0.383 e. The zero-order valence-electron chi connectivity index (χ0n) is 16.3. The molecule has 0 atom stereocenters. The zero-order chi connectivity index (χ0) is 17.9. The number of rotatable bonds is 8. The second kappa shape index (κ2) is 13.3. The molecule has 2 heterocycles. The fourth-order valence-electron chi connectivity index (χ4n) is 3.11. The Morgan fingerprint density at radius 2 is 2.15 bits per heavy atom. The Balaban J connectivity index is 0.00000338. The van der Waals surface area contributed by atoms with E-state index in [4.69, 9.17) is 9.73 Å². The van der Waals surface area contributed by atoms with Gasteiger partial charge in [0.05, 0.1) is 6.61 Å². The van der Waals surface area contributed by atoms with Gasteiger partial charge in [-0.15, -0.1) is 24.0 Å². The standard InChI is InChI=1S/C19H33N5O.HI/c1-4-21-19(22-10-6-17-5-9-20-15-16(17)2)23-18-7-11-24(12-8-18)13-14-25-3;/h5,9,15,18H,4,6-8,10-14H2,1-3H3,(H2,21,22,23);1H. The largest absolute Gasteiger partial charge is 0.383 e. The van der Waals surface area contributed by atoms with Crippen LogP contribution in [0.25, 0.3) is 0 Å². The van der Waals surface area contributed by atoms with E-state index in [0.717, 1.165) is 64.6 Å². The Hall–Kier alpha value is -0.930. The molecule has 26 heavy (non-hydrogen) atoms. The summed E-state index contributed by atoms with van der Waals surface area (Å²) in [6.07, 6.45) is 7.02. The minimum absolute atomic E-state index is 0. The summed E-state index contributed by atoms with van der Waals surface area (Å²) in [4.78, 5) is 11.4. The van der Waals surface area contributed by atoms with Crippen LogP contribution in [0.1, 0.15) is 30.9 Å². The molecule has 1 aliphatic heterocycles. The molecule has 0 bridgehead atoms. The molecular formula is C19H34IN5O. The van der Waals surface area contributed by atoms with Crippen LogP contribution < -0.4 is 10.6 Å². The molecule has 0 aromatic carbocycles. The maximum Gasteiger partial charge on any atom is 0.191 e. The van der Waals surface area contributed by atoms with E-state index >= 15 is 0 Å². The second-order valence-corrected chi connectivity index (χ2v) is 6.57. The van der Waals surface area contributed by atoms with Gasteiger partial charge in [-0.05, 0) is 50.3 Å². The highest BCUT2D eigenvalue weighted by atomic mass is 127. The molecule has 1 aromatic heterocycles. The number of halogens is 1. The summed E-state index contributed by atoms with van der Waals surface area (Å²) >= 11 is 0. The van der Waals surface area contributed by atoms with Crippen molar-refractivity contribution in [1.82, 2.24) is 20.5 Å². The van der Waals surface area contributed by atoms with Gasteiger partial charge in [-0.1, -0.05) is 0 Å². The van der Waals surface area contributed by atoms with E-state index in [1.807, 2.05) is 12.4 Å². The summed E-state index contributed by atoms with van der Waals surface area (Å²) in [6.45, 7) is 9.97. The number of aliphatic imine (C=N–C) groups is 1. The first-order valence-corrected chi connectivity index (χ1v) is 9.38. The fraction of sp³-hybridized carbons (Fsp3) is 0.684. The SMILES string of the molecule is CCNC(=NCCc1ccncc1C)NC1CCN(CCOC)CC1.I. The average molecular weight is 475 g/mol. The molecule has 148 valence electrons. The Bertz CT molecular complexity index is 532. The topological polar surface area (TPSA) is 61.8 Å². The normalized spacial score (nSPS) is 16.2. The van der Waals surface area contributed by atoms with Gasteiger partial charge in [0.15, 0.2) is 5.96 Å². The number of ether oxygens (including phenoxy) is 1. The molecular weight excluding hydrogens is 441 g/mol. The highest BCUT2D eigenvalue weighted by Crippen LogP contribution is 2.10. The van der Waals surface area contributed by atoms with Gasteiger partial charge in [0, 0.05) is 58.3 Å². The van der Waals surface area contributed by atoms with E-state index in [0.29, 0.717) is 6.04 Å². The summed E-state index contributed by atoms with van der Waals surface area (Å²) < 4.78 is 5.17. The van der Waals surface area contributed by atoms with Crippen molar-refractivity contribution in [3.8, 4) is 0 Å². The first-order valence-electron chi connectivity index (χ1n) is 9.38. The predicted molar refractivity (Wildman–Crippen MR) is 119 cm³/mol. The van der Waals surface area contributed by atoms with Crippen molar-refractivity contribution in [2.45, 2.75) is 39.2 Å². The number of guanidine groups is 1. The third-order valence-electron chi connectivity index (χ3n) is 4.67. The average Bonchev–Trinajstić information content (AvgIpc) is 2.63. The van der Waals surface area contributed by atoms with Gasteiger partial charge in [0.25, 0.3) is 0 Å². The number of nitrogens with one attached hydrogen (secondary N) is 2. The van der Waals surface area contributed by atoms with Crippen LogP contribution in [0.3, 0.4) is 0 Å². The Kier molecular flexibility index (Phi) is 11.8. The van der Waals surface area contributed by atoms with Crippen LogP contribution in [0.2, 0.25) is 0 Å². The van der Waals surface area contributed by atoms with E-state index < -0.39 is 0 Å². The number of nitrogens with zero attached hydrogens (tertiary/aromatic N) is 3. The van der Waals surface area contributed by atoms with Crippen molar-refractivity contribution >= 4 is 29.9 Å². The lowest BCUT2D eigenvalue weighted by Crippen LogP contribution is -2.49. The molecule has 1 aliphatic rings. The van der Waals surface area contributed by atoms with Gasteiger partial charge in [-0.2, -0.15) is 0 Å². The molecule has 1 aromatic rings. The van der Waals surface area contributed by atoms with E-state index in [1.165, 1.54) is 11.1 Å². The van der Waals surface area contributed by atoms with Crippen molar-refractivity contribution in [3.63, 3.8) is 0 Å². The van der Waals surface area contributed by atoms with Gasteiger partial charge < -0.3 is 20.3 Å². The van der Waals surface area contributed by atoms with Crippen LogP contribution in [0.4, 0.5) is 0 Å². The van der Waals surface area contributed by atoms with E-state index in [1.54, 1.807) is 7.11 Å². The predicted octanol–water partition coefficient (Wildman–Crippen LogP) is 2.22. The highest BCUT2D eigenvalue weighted by Gasteiger charge is 2.19. The molecule has 0 saturated carbocycles. The smallest absolute Gasteiger partial charge is 0.191 e. The molecule has 7 heteroatoms. The van der Waals surface area contributed by atoms with Crippen LogP contribution >= 0.6 is 24.0 Å². The monoisotopic (exact) mass is 475 g/mol. The lowest BCUT2D eigenvalue weighted by molar-refractivity contribution is 0.128. The third-order valence-corrected chi connectivity index (χ3v) is 4.67. The Morgan fingerprint density at radius 1 is 1.38 bits per heavy atom. The summed E-state index contributed by atoms with van der Waals surface area (Å²) in [6, 6.07) is 2.58. The number of aryl methyl sites for hydroxylation is 1. The van der Waals surface area contributed by atoms with Crippen molar-refractivity contribution in [2.24, 2.45) is 4.99 Å². The first-order chi connectivity index (χ1) is 12.2. The summed E-state index contributed by atoms with van der Waals surface area (Å²) in [5.74, 6) is 0.935. The fourth-order valence-corrected chi connectivity index (χ4v) is 3.11. The molecule has 2 N–H and O–H groups in total. The van der Waals surface area contributed by atoms with E-state index in [9.17, 15) is 0 Å². The minimum atomic E-state index is 0. The molecule has 1 fully saturated rings. The molecule has 0 aliphatic carbocycles. The number of piperidine rings is 1. The number of likely N-dealkylation sites (tertiary alicyclic amines) is 1. The van der Waals surface area contributed by atoms with Crippen molar-refractivity contribution in [3.05, 3.63) is 29.6 Å². The van der Waals surface area contributed by atoms with Gasteiger partial charge in [-0.25, -0.2) is 0 Å². The highest BCUT2D eigenvalue weighted by molar-refractivity contribution is 14.0. The summed E-state index contributed by atoms with van der Waals surface area (Å²) in [5.41, 5.74) is 2.56. The number of hydrogen-bond donors (Lipinski definition) is 2. The maximum atomic E-state index is 5.17. The third kappa shape index (κ3) is 8.18. The van der Waals surface area contributed by atoms with Gasteiger partial charge >= 0.3 is 0 Å². The number of pyridine rings is 1. The molecule has 0 unspecified atom stereocenters. The maximum absolute atomic E-state index is 5.17. The second-order valence-electron chi connectivity index (χ2n) is 6.57. The van der Waals surface area contributed by atoms with Crippen molar-refractivity contribution in [2.75, 3.05) is 46.4 Å². The Morgan fingerprint density at radius 3 is 2.81 bits per heavy atom. The van der Waals surface area contributed by atoms with Gasteiger partial charge in [0.1, 0.15) is 0 Å². The molecule has 1 saturated heterocycles. The van der Waals surface area contributed by atoms with Crippen LogP contribution in [-0.4, -0.2) is 68.3 Å². The first kappa shape index (κ1) is 23.1. The molecule has 0 spiro atoms. The van der Waals surface area contributed by atoms with Crippen LogP contribution in [0.5, 0.6) is 0 Å². The van der Waals surface area contributed by atoms with E-state index in [2.05, 4.69) is 40.4 Å². The number of hydrogen-bond acceptors (Lipinski definition) is 4. The van der Waals surface area contributed by atoms with Gasteiger partial charge in [-0.3, -0.25) is 9.98 Å². The quantitative estimate of drug-likeness (QED) is 0.343. The number of aromatic nitrogens is 1. The van der Waals surface area contributed by atoms with Crippen molar-refractivity contribution in [1.29, 1.82) is 0 Å². The van der Waals surface area contributed by atoms with Crippen LogP contribution in [0.15, 0.2) is 23.5 Å². The summed E-state index contributed by atoms with van der Waals surface area (Å²) in [7, 11) is 1.76. The zero-order valence-corrected chi connectivity index (χ0v) is 18.7. The summed E-state index contributed by atoms with van der Waals surface area (Å²) in [5, 5.41) is 6.97. The Labute approximate surface area is 175 Å². The van der Waals surface area contributed by atoms with Gasteiger partial charge in [0.2, 0.25) is 0 Å². The van der Waals surface area contributed by atoms with Crippen molar-refractivity contribution < 1.29 is 4.74 Å². The lowest BCUT2D eigenvalue weighted by atomic mass is 10.1. The van der Waals surface area contributed by atoms with Crippen LogP contribution in [-0.2, 0) is 11.2 Å². The molecule has 0 amide bonds. The van der Waals surface area contributed by atoms with Crippen LogP contribution in [0, 0.1) is 6.92 Å². The lowest BCUT2D eigenvalue weighted by Gasteiger charge is -2.32. The molecule has 0 radical (unpaired) electrons. The molecule has 6 nitrogen and oxygen atoms in total. The van der Waals surface area contributed by atoms with E-state index in [-0.39, 0.29) is 24.0 Å². The number of methoxy groups -OCH3 is 1.